The van der Waals surface area contributed by atoms with Crippen LogP contribution in [0.5, 0.6) is 5.75 Å². The standard InChI is InChI=1S/C20H22N2O8S/c1-28-18-7-6-15(12-19(18)31(26,27)21-8-10-29-11-9-21)13-20(23)30-14-16-4-2-3-5-17(16)22(24)25/h2-7,12H,8-11,13-14H2,1H3. The number of methoxy groups -OCH3 is 1. The van der Waals surface area contributed by atoms with Crippen molar-refractivity contribution in [2.24, 2.45) is 0 Å². The lowest BCUT2D eigenvalue weighted by Gasteiger charge is -2.26. The first-order valence-electron chi connectivity index (χ1n) is 9.45. The van der Waals surface area contributed by atoms with Crippen molar-refractivity contribution in [2.75, 3.05) is 33.4 Å². The Morgan fingerprint density at radius 1 is 1.19 bits per heavy atom. The zero-order valence-electron chi connectivity index (χ0n) is 16.9. The van der Waals surface area contributed by atoms with E-state index in [2.05, 4.69) is 0 Å². The quantitative estimate of drug-likeness (QED) is 0.339. The van der Waals surface area contributed by atoms with Crippen LogP contribution >= 0.6 is 0 Å². The van der Waals surface area contributed by atoms with Crippen LogP contribution in [0.25, 0.3) is 0 Å². The van der Waals surface area contributed by atoms with Crippen LogP contribution in [0.3, 0.4) is 0 Å². The number of para-hydroxylation sites is 1. The van der Waals surface area contributed by atoms with Gasteiger partial charge < -0.3 is 14.2 Å². The molecule has 2 aromatic carbocycles. The monoisotopic (exact) mass is 450 g/mol. The maximum absolute atomic E-state index is 13.0. The molecule has 3 rings (SSSR count). The predicted octanol–water partition coefficient (Wildman–Crippen LogP) is 1.91. The van der Waals surface area contributed by atoms with E-state index in [1.165, 1.54) is 41.7 Å². The number of ether oxygens (including phenoxy) is 3. The number of carbonyl (C=O) groups excluding carboxylic acids is 1. The molecule has 166 valence electrons. The summed E-state index contributed by atoms with van der Waals surface area (Å²) in [5, 5.41) is 11.1. The molecule has 10 nitrogen and oxygen atoms in total. The molecule has 0 N–H and O–H groups in total. The van der Waals surface area contributed by atoms with Crippen molar-refractivity contribution < 1.29 is 32.3 Å². The van der Waals surface area contributed by atoms with Gasteiger partial charge in [-0.2, -0.15) is 4.31 Å². The van der Waals surface area contributed by atoms with E-state index in [4.69, 9.17) is 14.2 Å². The topological polar surface area (TPSA) is 125 Å². The second-order valence-corrected chi connectivity index (χ2v) is 8.63. The Labute approximate surface area is 179 Å². The van der Waals surface area contributed by atoms with Crippen LogP contribution in [0.15, 0.2) is 47.4 Å². The number of sulfonamides is 1. The average Bonchev–Trinajstić information content (AvgIpc) is 2.78. The van der Waals surface area contributed by atoms with E-state index in [0.29, 0.717) is 18.8 Å². The van der Waals surface area contributed by atoms with Crippen LogP contribution in [-0.2, 0) is 37.3 Å². The van der Waals surface area contributed by atoms with Crippen LogP contribution in [0.2, 0.25) is 0 Å². The maximum atomic E-state index is 13.0. The highest BCUT2D eigenvalue weighted by molar-refractivity contribution is 7.89. The summed E-state index contributed by atoms with van der Waals surface area (Å²) < 4.78 is 43.0. The molecule has 0 atom stereocenters. The first-order chi connectivity index (χ1) is 14.8. The molecule has 0 bridgehead atoms. The van der Waals surface area contributed by atoms with Gasteiger partial charge in [-0.3, -0.25) is 14.9 Å². The summed E-state index contributed by atoms with van der Waals surface area (Å²) in [7, 11) is -2.46. The lowest BCUT2D eigenvalue weighted by Crippen LogP contribution is -2.40. The summed E-state index contributed by atoms with van der Waals surface area (Å²) in [4.78, 5) is 22.8. The summed E-state index contributed by atoms with van der Waals surface area (Å²) in [5.74, 6) is -0.471. The van der Waals surface area contributed by atoms with Gasteiger partial charge in [-0.25, -0.2) is 8.42 Å². The molecular weight excluding hydrogens is 428 g/mol. The normalized spacial score (nSPS) is 14.7. The average molecular weight is 450 g/mol. The number of hydrogen-bond acceptors (Lipinski definition) is 8. The number of nitro benzene ring substituents is 1. The van der Waals surface area contributed by atoms with Crippen LogP contribution in [0.4, 0.5) is 5.69 Å². The highest BCUT2D eigenvalue weighted by atomic mass is 32.2. The number of nitrogens with zero attached hydrogens (tertiary/aromatic N) is 2. The van der Waals surface area contributed by atoms with Crippen molar-refractivity contribution >= 4 is 21.7 Å². The van der Waals surface area contributed by atoms with E-state index in [9.17, 15) is 23.3 Å². The fourth-order valence-corrected chi connectivity index (χ4v) is 4.76. The molecule has 11 heteroatoms. The Balaban J connectivity index is 1.74. The van der Waals surface area contributed by atoms with Gasteiger partial charge in [0, 0.05) is 19.2 Å². The number of nitro groups is 1. The van der Waals surface area contributed by atoms with Gasteiger partial charge in [0.1, 0.15) is 17.3 Å². The Morgan fingerprint density at radius 3 is 2.58 bits per heavy atom. The van der Waals surface area contributed by atoms with Gasteiger partial charge in [0.2, 0.25) is 10.0 Å². The van der Waals surface area contributed by atoms with E-state index in [-0.39, 0.29) is 48.0 Å². The zero-order valence-corrected chi connectivity index (χ0v) is 17.7. The van der Waals surface area contributed by atoms with Gasteiger partial charge in [0.25, 0.3) is 5.69 Å². The molecule has 1 fully saturated rings. The number of benzene rings is 2. The molecule has 0 aliphatic carbocycles. The Kier molecular flexibility index (Phi) is 7.21. The fraction of sp³-hybridized carbons (Fsp3) is 0.350. The van der Waals surface area contributed by atoms with Crippen molar-refractivity contribution in [2.45, 2.75) is 17.9 Å². The van der Waals surface area contributed by atoms with E-state index in [1.807, 2.05) is 0 Å². The van der Waals surface area contributed by atoms with Gasteiger partial charge in [-0.1, -0.05) is 18.2 Å². The number of carbonyl (C=O) groups is 1. The van der Waals surface area contributed by atoms with Crippen molar-refractivity contribution in [3.63, 3.8) is 0 Å². The number of esters is 1. The molecule has 1 aliphatic heterocycles. The number of morpholine rings is 1. The molecule has 0 amide bonds. The van der Waals surface area contributed by atoms with E-state index < -0.39 is 20.9 Å². The third kappa shape index (κ3) is 5.37. The van der Waals surface area contributed by atoms with E-state index >= 15 is 0 Å². The largest absolute Gasteiger partial charge is 0.495 e. The molecular formula is C20H22N2O8S. The van der Waals surface area contributed by atoms with Gasteiger partial charge >= 0.3 is 5.97 Å². The minimum Gasteiger partial charge on any atom is -0.495 e. The molecule has 1 heterocycles. The molecule has 31 heavy (non-hydrogen) atoms. The molecule has 0 aromatic heterocycles. The van der Waals surface area contributed by atoms with Gasteiger partial charge in [0.05, 0.1) is 37.2 Å². The minimum absolute atomic E-state index is 0.0408. The minimum atomic E-state index is -3.83. The van der Waals surface area contributed by atoms with Crippen LogP contribution in [0, 0.1) is 10.1 Å². The molecule has 0 radical (unpaired) electrons. The Bertz CT molecular complexity index is 1060. The van der Waals surface area contributed by atoms with Gasteiger partial charge in [-0.05, 0) is 23.8 Å². The first-order valence-corrected chi connectivity index (χ1v) is 10.9. The molecule has 1 saturated heterocycles. The third-order valence-electron chi connectivity index (χ3n) is 4.74. The van der Waals surface area contributed by atoms with Gasteiger partial charge in [0.15, 0.2) is 0 Å². The lowest BCUT2D eigenvalue weighted by atomic mass is 10.1. The molecule has 0 spiro atoms. The second-order valence-electron chi connectivity index (χ2n) is 6.72. The number of hydrogen-bond donors (Lipinski definition) is 0. The zero-order chi connectivity index (χ0) is 22.4. The lowest BCUT2D eigenvalue weighted by molar-refractivity contribution is -0.385. The Hall–Kier alpha value is -3.02. The number of rotatable bonds is 8. The van der Waals surface area contributed by atoms with Crippen molar-refractivity contribution in [1.82, 2.24) is 4.31 Å². The van der Waals surface area contributed by atoms with Gasteiger partial charge in [-0.15, -0.1) is 0 Å². The van der Waals surface area contributed by atoms with Crippen molar-refractivity contribution in [3.05, 3.63) is 63.7 Å². The van der Waals surface area contributed by atoms with E-state index in [1.54, 1.807) is 12.1 Å². The molecule has 1 aliphatic rings. The highest BCUT2D eigenvalue weighted by Gasteiger charge is 2.29. The summed E-state index contributed by atoms with van der Waals surface area (Å²) >= 11 is 0. The van der Waals surface area contributed by atoms with Crippen molar-refractivity contribution in [3.8, 4) is 5.75 Å². The summed E-state index contributed by atoms with van der Waals surface area (Å²) in [6.45, 7) is 0.810. The van der Waals surface area contributed by atoms with Crippen LogP contribution in [0.1, 0.15) is 11.1 Å². The van der Waals surface area contributed by atoms with Crippen LogP contribution in [-0.4, -0.2) is 57.0 Å². The van der Waals surface area contributed by atoms with E-state index in [0.717, 1.165) is 0 Å². The summed E-state index contributed by atoms with van der Waals surface area (Å²) in [6, 6.07) is 10.4. The second kappa shape index (κ2) is 9.86. The predicted molar refractivity (Wildman–Crippen MR) is 109 cm³/mol. The molecule has 0 unspecified atom stereocenters. The van der Waals surface area contributed by atoms with Crippen LogP contribution < -0.4 is 4.74 Å². The smallest absolute Gasteiger partial charge is 0.310 e. The first kappa shape index (κ1) is 22.7. The van der Waals surface area contributed by atoms with Crippen molar-refractivity contribution in [1.29, 1.82) is 0 Å². The molecule has 0 saturated carbocycles. The summed E-state index contributed by atoms with van der Waals surface area (Å²) in [5.41, 5.74) is 0.546. The SMILES string of the molecule is COc1ccc(CC(=O)OCc2ccccc2[N+](=O)[O-])cc1S(=O)(=O)N1CCOCC1. The maximum Gasteiger partial charge on any atom is 0.310 e. The highest BCUT2D eigenvalue weighted by Crippen LogP contribution is 2.29. The Morgan fingerprint density at radius 2 is 1.90 bits per heavy atom. The fourth-order valence-electron chi connectivity index (χ4n) is 3.15. The molecule has 2 aromatic rings. The third-order valence-corrected chi connectivity index (χ3v) is 6.66. The summed E-state index contributed by atoms with van der Waals surface area (Å²) in [6.07, 6.45) is -0.198.